The van der Waals surface area contributed by atoms with Gasteiger partial charge in [-0.1, -0.05) is 0 Å². The Morgan fingerprint density at radius 2 is 2.06 bits per heavy atom. The number of carboxylic acid groups (broad SMARTS) is 1. The lowest BCUT2D eigenvalue weighted by atomic mass is 9.97. The maximum absolute atomic E-state index is 10.8. The first kappa shape index (κ1) is 11.8. The first-order chi connectivity index (χ1) is 8.08. The molecule has 2 heterocycles. The number of aryl methyl sites for hydroxylation is 2. The zero-order valence-corrected chi connectivity index (χ0v) is 10.1. The molecule has 1 aliphatic heterocycles. The van der Waals surface area contributed by atoms with Crippen LogP contribution in [0.25, 0.3) is 0 Å². The van der Waals surface area contributed by atoms with Crippen molar-refractivity contribution in [2.24, 2.45) is 5.92 Å². The van der Waals surface area contributed by atoms with Crippen LogP contribution in [0, 0.1) is 19.8 Å². The predicted molar refractivity (Wildman–Crippen MR) is 61.5 cm³/mol. The molecule has 5 heteroatoms. The molecular formula is C12H16N3O2-. The Labute approximate surface area is 100 Å². The molecule has 0 aliphatic carbocycles. The molecule has 0 unspecified atom stereocenters. The number of rotatable bonds is 2. The predicted octanol–water partition coefficient (Wildman–Crippen LogP) is 0.0597. The fourth-order valence-electron chi connectivity index (χ4n) is 2.15. The number of carbonyl (C=O) groups is 1. The molecule has 0 saturated carbocycles. The van der Waals surface area contributed by atoms with Crippen molar-refractivity contribution in [3.8, 4) is 0 Å². The smallest absolute Gasteiger partial charge is 0.150 e. The Morgan fingerprint density at radius 1 is 1.41 bits per heavy atom. The summed E-state index contributed by atoms with van der Waals surface area (Å²) in [5, 5.41) is 10.8. The molecule has 1 aromatic rings. The van der Waals surface area contributed by atoms with Gasteiger partial charge in [0.1, 0.15) is 5.82 Å². The molecule has 0 amide bonds. The standard InChI is InChI=1S/C12H17N3O2/c1-8-7-13-9(2)11(14-8)15-5-3-10(4-6-15)12(16)17/h7,10H,3-6H2,1-2H3,(H,16,17)/p-1. The molecule has 5 nitrogen and oxygen atoms in total. The number of aromatic nitrogens is 2. The molecule has 0 bridgehead atoms. The van der Waals surface area contributed by atoms with Gasteiger partial charge in [0.2, 0.25) is 0 Å². The Balaban J connectivity index is 2.10. The molecule has 0 N–H and O–H groups in total. The van der Waals surface area contributed by atoms with Crippen molar-refractivity contribution in [2.45, 2.75) is 26.7 Å². The van der Waals surface area contributed by atoms with Crippen molar-refractivity contribution in [1.29, 1.82) is 0 Å². The Bertz CT molecular complexity index is 426. The minimum absolute atomic E-state index is 0.315. The molecule has 1 saturated heterocycles. The molecule has 1 fully saturated rings. The van der Waals surface area contributed by atoms with Gasteiger partial charge < -0.3 is 14.8 Å². The highest BCUT2D eigenvalue weighted by atomic mass is 16.4. The topological polar surface area (TPSA) is 69.2 Å². The highest BCUT2D eigenvalue weighted by molar-refractivity contribution is 5.68. The molecule has 92 valence electrons. The van der Waals surface area contributed by atoms with E-state index < -0.39 is 5.97 Å². The second kappa shape index (κ2) is 4.69. The maximum atomic E-state index is 10.8. The van der Waals surface area contributed by atoms with Gasteiger partial charge in [-0.3, -0.25) is 4.98 Å². The van der Waals surface area contributed by atoms with E-state index in [1.807, 2.05) is 13.8 Å². The number of hydrogen-bond donors (Lipinski definition) is 0. The van der Waals surface area contributed by atoms with Crippen LogP contribution in [0.15, 0.2) is 6.20 Å². The van der Waals surface area contributed by atoms with Crippen molar-refractivity contribution in [2.75, 3.05) is 18.0 Å². The summed E-state index contributed by atoms with van der Waals surface area (Å²) in [5.74, 6) is -0.372. The fourth-order valence-corrected chi connectivity index (χ4v) is 2.15. The van der Waals surface area contributed by atoms with Gasteiger partial charge in [0, 0.05) is 31.2 Å². The van der Waals surface area contributed by atoms with Crippen LogP contribution in [0.2, 0.25) is 0 Å². The van der Waals surface area contributed by atoms with Gasteiger partial charge in [-0.15, -0.1) is 0 Å². The van der Waals surface area contributed by atoms with Gasteiger partial charge in [-0.05, 0) is 26.7 Å². The van der Waals surface area contributed by atoms with Crippen LogP contribution in [-0.2, 0) is 4.79 Å². The number of hydrogen-bond acceptors (Lipinski definition) is 5. The molecular weight excluding hydrogens is 218 g/mol. The Kier molecular flexibility index (Phi) is 3.26. The van der Waals surface area contributed by atoms with E-state index in [0.717, 1.165) is 17.2 Å². The van der Waals surface area contributed by atoms with Crippen LogP contribution in [0.1, 0.15) is 24.2 Å². The van der Waals surface area contributed by atoms with Crippen molar-refractivity contribution < 1.29 is 9.90 Å². The van der Waals surface area contributed by atoms with E-state index in [4.69, 9.17) is 0 Å². The normalized spacial score (nSPS) is 17.2. The molecule has 0 radical (unpaired) electrons. The minimum Gasteiger partial charge on any atom is -0.550 e. The number of anilines is 1. The van der Waals surface area contributed by atoms with E-state index in [-0.39, 0.29) is 5.92 Å². The van der Waals surface area contributed by atoms with Crippen LogP contribution in [0.4, 0.5) is 5.82 Å². The van der Waals surface area contributed by atoms with Crippen molar-refractivity contribution in [3.05, 3.63) is 17.6 Å². The summed E-state index contributed by atoms with van der Waals surface area (Å²) >= 11 is 0. The molecule has 2 rings (SSSR count). The van der Waals surface area contributed by atoms with E-state index in [0.29, 0.717) is 25.9 Å². The summed E-state index contributed by atoms with van der Waals surface area (Å²) in [6.07, 6.45) is 2.99. The molecule has 17 heavy (non-hydrogen) atoms. The third-order valence-electron chi connectivity index (χ3n) is 3.18. The van der Waals surface area contributed by atoms with Crippen LogP contribution in [0.3, 0.4) is 0 Å². The highest BCUT2D eigenvalue weighted by Gasteiger charge is 2.22. The summed E-state index contributed by atoms with van der Waals surface area (Å²) in [7, 11) is 0. The second-order valence-electron chi connectivity index (χ2n) is 4.50. The quantitative estimate of drug-likeness (QED) is 0.723. The molecule has 1 aromatic heterocycles. The third-order valence-corrected chi connectivity index (χ3v) is 3.18. The van der Waals surface area contributed by atoms with Crippen molar-refractivity contribution >= 4 is 11.8 Å². The van der Waals surface area contributed by atoms with E-state index in [1.54, 1.807) is 6.20 Å². The number of carboxylic acids is 1. The monoisotopic (exact) mass is 234 g/mol. The van der Waals surface area contributed by atoms with E-state index in [9.17, 15) is 9.90 Å². The fraction of sp³-hybridized carbons (Fsp3) is 0.583. The average Bonchev–Trinajstić information content (AvgIpc) is 2.32. The maximum Gasteiger partial charge on any atom is 0.150 e. The Hall–Kier alpha value is -1.65. The van der Waals surface area contributed by atoms with Crippen LogP contribution in [0.5, 0.6) is 0 Å². The van der Waals surface area contributed by atoms with Crippen LogP contribution < -0.4 is 10.0 Å². The van der Waals surface area contributed by atoms with Gasteiger partial charge in [0.25, 0.3) is 0 Å². The molecule has 0 atom stereocenters. The van der Waals surface area contributed by atoms with E-state index in [1.165, 1.54) is 0 Å². The third kappa shape index (κ3) is 2.54. The summed E-state index contributed by atoms with van der Waals surface area (Å²) in [5.41, 5.74) is 1.77. The van der Waals surface area contributed by atoms with Gasteiger partial charge in [0.15, 0.2) is 0 Å². The zero-order valence-electron chi connectivity index (χ0n) is 10.1. The van der Waals surface area contributed by atoms with E-state index in [2.05, 4.69) is 14.9 Å². The number of nitrogens with zero attached hydrogens (tertiary/aromatic N) is 3. The largest absolute Gasteiger partial charge is 0.550 e. The van der Waals surface area contributed by atoms with Gasteiger partial charge in [0.05, 0.1) is 11.4 Å². The van der Waals surface area contributed by atoms with Crippen LogP contribution >= 0.6 is 0 Å². The lowest BCUT2D eigenvalue weighted by Gasteiger charge is -2.33. The van der Waals surface area contributed by atoms with Gasteiger partial charge in [-0.2, -0.15) is 0 Å². The Morgan fingerprint density at radius 3 is 2.65 bits per heavy atom. The van der Waals surface area contributed by atoms with Gasteiger partial charge >= 0.3 is 0 Å². The summed E-state index contributed by atoms with van der Waals surface area (Å²) < 4.78 is 0. The first-order valence-corrected chi connectivity index (χ1v) is 5.84. The number of carbonyl (C=O) groups excluding carboxylic acids is 1. The second-order valence-corrected chi connectivity index (χ2v) is 4.50. The summed E-state index contributed by atoms with van der Waals surface area (Å²) in [6, 6.07) is 0. The number of piperidine rings is 1. The average molecular weight is 234 g/mol. The molecule has 0 spiro atoms. The summed E-state index contributed by atoms with van der Waals surface area (Å²) in [6.45, 7) is 5.24. The van der Waals surface area contributed by atoms with Gasteiger partial charge in [-0.25, -0.2) is 4.98 Å². The number of aliphatic carboxylic acids is 1. The van der Waals surface area contributed by atoms with Crippen molar-refractivity contribution in [1.82, 2.24) is 9.97 Å². The minimum atomic E-state index is -0.934. The molecule has 1 aliphatic rings. The summed E-state index contributed by atoms with van der Waals surface area (Å²) in [4.78, 5) is 21.6. The van der Waals surface area contributed by atoms with Crippen molar-refractivity contribution in [3.63, 3.8) is 0 Å². The lowest BCUT2D eigenvalue weighted by Crippen LogP contribution is -2.41. The SMILES string of the molecule is Cc1cnc(C)c(N2CCC(C(=O)[O-])CC2)n1. The molecule has 0 aromatic carbocycles. The van der Waals surface area contributed by atoms with E-state index >= 15 is 0 Å². The highest BCUT2D eigenvalue weighted by Crippen LogP contribution is 2.23. The van der Waals surface area contributed by atoms with Crippen LogP contribution in [-0.4, -0.2) is 29.0 Å². The lowest BCUT2D eigenvalue weighted by molar-refractivity contribution is -0.312. The first-order valence-electron chi connectivity index (χ1n) is 5.84. The zero-order chi connectivity index (χ0) is 12.4.